The summed E-state index contributed by atoms with van der Waals surface area (Å²) < 4.78 is 1.80. The van der Waals surface area contributed by atoms with Gasteiger partial charge in [0.25, 0.3) is 5.91 Å². The first kappa shape index (κ1) is 15.7. The molecule has 21 heavy (non-hydrogen) atoms. The zero-order valence-electron chi connectivity index (χ0n) is 12.6. The summed E-state index contributed by atoms with van der Waals surface area (Å²) in [6, 6.07) is 1.85. The first-order valence-electron chi connectivity index (χ1n) is 7.06. The SMILES string of the molecule is CCC(O)CCNC(=O)c1cc(-c2csc(C)n2)cn1C. The van der Waals surface area contributed by atoms with Crippen LogP contribution in [0, 0.1) is 6.92 Å². The summed E-state index contributed by atoms with van der Waals surface area (Å²) in [5, 5.41) is 15.3. The van der Waals surface area contributed by atoms with Gasteiger partial charge in [-0.05, 0) is 25.8 Å². The molecule has 2 aromatic heterocycles. The van der Waals surface area contributed by atoms with Crippen LogP contribution in [0.4, 0.5) is 0 Å². The molecule has 5 nitrogen and oxygen atoms in total. The van der Waals surface area contributed by atoms with Gasteiger partial charge in [-0.2, -0.15) is 0 Å². The number of carbonyl (C=O) groups excluding carboxylic acids is 1. The molecule has 0 saturated heterocycles. The number of aliphatic hydroxyl groups is 1. The molecule has 1 amide bonds. The number of nitrogens with one attached hydrogen (secondary N) is 1. The molecule has 0 aliphatic rings. The van der Waals surface area contributed by atoms with Crippen molar-refractivity contribution in [1.29, 1.82) is 0 Å². The molecular weight excluding hydrogens is 286 g/mol. The molecule has 2 heterocycles. The summed E-state index contributed by atoms with van der Waals surface area (Å²) in [7, 11) is 1.85. The van der Waals surface area contributed by atoms with Crippen molar-refractivity contribution >= 4 is 17.2 Å². The van der Waals surface area contributed by atoms with Crippen LogP contribution in [-0.2, 0) is 7.05 Å². The maximum atomic E-state index is 12.2. The minimum absolute atomic E-state index is 0.126. The van der Waals surface area contributed by atoms with E-state index in [0.717, 1.165) is 16.3 Å². The third-order valence-corrected chi connectivity index (χ3v) is 4.16. The number of nitrogens with zero attached hydrogens (tertiary/aromatic N) is 2. The lowest BCUT2D eigenvalue weighted by Crippen LogP contribution is -2.28. The molecule has 2 rings (SSSR count). The Morgan fingerprint density at radius 2 is 2.33 bits per heavy atom. The molecule has 0 aliphatic carbocycles. The van der Waals surface area contributed by atoms with E-state index in [9.17, 15) is 9.90 Å². The summed E-state index contributed by atoms with van der Waals surface area (Å²) in [5.74, 6) is -0.126. The largest absolute Gasteiger partial charge is 0.393 e. The maximum absolute atomic E-state index is 12.2. The highest BCUT2D eigenvalue weighted by atomic mass is 32.1. The van der Waals surface area contributed by atoms with Gasteiger partial charge >= 0.3 is 0 Å². The van der Waals surface area contributed by atoms with E-state index in [1.807, 2.05) is 38.5 Å². The van der Waals surface area contributed by atoms with Crippen molar-refractivity contribution in [2.45, 2.75) is 32.8 Å². The number of amides is 1. The summed E-state index contributed by atoms with van der Waals surface area (Å²) in [5.41, 5.74) is 2.44. The van der Waals surface area contributed by atoms with Crippen molar-refractivity contribution in [3.05, 3.63) is 28.3 Å². The van der Waals surface area contributed by atoms with Crippen LogP contribution in [-0.4, -0.2) is 33.2 Å². The molecule has 2 N–H and O–H groups in total. The molecule has 6 heteroatoms. The Balaban J connectivity index is 2.03. The number of thiazole rings is 1. The van der Waals surface area contributed by atoms with Crippen molar-refractivity contribution in [2.24, 2.45) is 7.05 Å². The van der Waals surface area contributed by atoms with Gasteiger partial charge in [-0.25, -0.2) is 4.98 Å². The minimum atomic E-state index is -0.354. The molecule has 0 radical (unpaired) electrons. The second-order valence-corrected chi connectivity index (χ2v) is 6.15. The molecule has 114 valence electrons. The normalized spacial score (nSPS) is 12.4. The molecule has 0 bridgehead atoms. The fraction of sp³-hybridized carbons (Fsp3) is 0.467. The Hall–Kier alpha value is -1.66. The Bertz CT molecular complexity index is 618. The fourth-order valence-electron chi connectivity index (χ4n) is 2.07. The van der Waals surface area contributed by atoms with Crippen molar-refractivity contribution < 1.29 is 9.90 Å². The standard InChI is InChI=1S/C15H21N3O2S/c1-4-12(19)5-6-16-15(20)14-7-11(8-18(14)3)13-9-21-10(2)17-13/h7-9,12,19H,4-6H2,1-3H3,(H,16,20). The average molecular weight is 307 g/mol. The smallest absolute Gasteiger partial charge is 0.267 e. The zero-order chi connectivity index (χ0) is 15.4. The maximum Gasteiger partial charge on any atom is 0.267 e. The van der Waals surface area contributed by atoms with Crippen molar-refractivity contribution in [3.63, 3.8) is 0 Å². The predicted molar refractivity (Wildman–Crippen MR) is 84.5 cm³/mol. The van der Waals surface area contributed by atoms with E-state index in [1.54, 1.807) is 15.9 Å². The fourth-order valence-corrected chi connectivity index (χ4v) is 2.70. The van der Waals surface area contributed by atoms with E-state index in [2.05, 4.69) is 10.3 Å². The van der Waals surface area contributed by atoms with Crippen molar-refractivity contribution in [3.8, 4) is 11.3 Å². The summed E-state index contributed by atoms with van der Waals surface area (Å²) in [6.45, 7) is 4.36. The van der Waals surface area contributed by atoms with Crippen LogP contribution in [0.25, 0.3) is 11.3 Å². The van der Waals surface area contributed by atoms with Crippen LogP contribution < -0.4 is 5.32 Å². The number of aromatic nitrogens is 2. The van der Waals surface area contributed by atoms with Gasteiger partial charge in [0.15, 0.2) is 0 Å². The van der Waals surface area contributed by atoms with Gasteiger partial charge in [0, 0.05) is 30.7 Å². The first-order valence-corrected chi connectivity index (χ1v) is 7.94. The lowest BCUT2D eigenvalue weighted by Gasteiger charge is -2.09. The summed E-state index contributed by atoms with van der Waals surface area (Å²) >= 11 is 1.59. The quantitative estimate of drug-likeness (QED) is 0.861. The molecule has 0 aromatic carbocycles. The van der Waals surface area contributed by atoms with E-state index in [1.165, 1.54) is 0 Å². The topological polar surface area (TPSA) is 67.2 Å². The summed E-state index contributed by atoms with van der Waals surface area (Å²) in [4.78, 5) is 16.6. The molecule has 1 atom stereocenters. The Morgan fingerprint density at radius 3 is 2.95 bits per heavy atom. The van der Waals surface area contributed by atoms with Gasteiger partial charge in [0.1, 0.15) is 5.69 Å². The first-order chi connectivity index (χ1) is 10.0. The van der Waals surface area contributed by atoms with Gasteiger partial charge < -0.3 is 15.0 Å². The lowest BCUT2D eigenvalue weighted by molar-refractivity contribution is 0.0934. The number of hydrogen-bond acceptors (Lipinski definition) is 4. The van der Waals surface area contributed by atoms with Gasteiger partial charge in [-0.1, -0.05) is 6.92 Å². The van der Waals surface area contributed by atoms with Crippen molar-refractivity contribution in [1.82, 2.24) is 14.9 Å². The summed E-state index contributed by atoms with van der Waals surface area (Å²) in [6.07, 6.45) is 2.83. The van der Waals surface area contributed by atoms with Crippen LogP contribution in [0.5, 0.6) is 0 Å². The Labute approximate surface area is 128 Å². The van der Waals surface area contributed by atoms with E-state index in [0.29, 0.717) is 25.1 Å². The number of rotatable bonds is 6. The second kappa shape index (κ2) is 6.87. The highest BCUT2D eigenvalue weighted by Crippen LogP contribution is 2.23. The second-order valence-electron chi connectivity index (χ2n) is 5.08. The zero-order valence-corrected chi connectivity index (χ0v) is 13.4. The predicted octanol–water partition coefficient (Wildman–Crippen LogP) is 2.35. The molecule has 1 unspecified atom stereocenters. The third kappa shape index (κ3) is 3.92. The lowest BCUT2D eigenvalue weighted by atomic mass is 10.2. The van der Waals surface area contributed by atoms with Crippen LogP contribution in [0.2, 0.25) is 0 Å². The minimum Gasteiger partial charge on any atom is -0.393 e. The average Bonchev–Trinajstić information content (AvgIpc) is 3.04. The molecular formula is C15H21N3O2S. The molecule has 2 aromatic rings. The molecule has 0 spiro atoms. The third-order valence-electron chi connectivity index (χ3n) is 3.39. The van der Waals surface area contributed by atoms with E-state index in [4.69, 9.17) is 0 Å². The van der Waals surface area contributed by atoms with E-state index >= 15 is 0 Å². The molecule has 0 saturated carbocycles. The van der Waals surface area contributed by atoms with Crippen LogP contribution in [0.3, 0.4) is 0 Å². The highest BCUT2D eigenvalue weighted by molar-refractivity contribution is 7.09. The van der Waals surface area contributed by atoms with Crippen molar-refractivity contribution in [2.75, 3.05) is 6.54 Å². The monoisotopic (exact) mass is 307 g/mol. The number of hydrogen-bond donors (Lipinski definition) is 2. The van der Waals surface area contributed by atoms with Crippen LogP contribution >= 0.6 is 11.3 Å². The van der Waals surface area contributed by atoms with Crippen LogP contribution in [0.15, 0.2) is 17.6 Å². The Kier molecular flexibility index (Phi) is 5.14. The van der Waals surface area contributed by atoms with Gasteiger partial charge in [-0.3, -0.25) is 4.79 Å². The van der Waals surface area contributed by atoms with Gasteiger partial charge in [-0.15, -0.1) is 11.3 Å². The van der Waals surface area contributed by atoms with Gasteiger partial charge in [0.2, 0.25) is 0 Å². The number of aryl methyl sites for hydroxylation is 2. The molecule has 0 fully saturated rings. The van der Waals surface area contributed by atoms with E-state index in [-0.39, 0.29) is 12.0 Å². The van der Waals surface area contributed by atoms with Crippen LogP contribution in [0.1, 0.15) is 35.3 Å². The number of carbonyl (C=O) groups is 1. The molecule has 0 aliphatic heterocycles. The van der Waals surface area contributed by atoms with Gasteiger partial charge in [0.05, 0.1) is 16.8 Å². The van der Waals surface area contributed by atoms with E-state index < -0.39 is 0 Å². The Morgan fingerprint density at radius 1 is 1.57 bits per heavy atom. The highest BCUT2D eigenvalue weighted by Gasteiger charge is 2.14. The number of aliphatic hydroxyl groups excluding tert-OH is 1.